The second-order valence-corrected chi connectivity index (χ2v) is 8.01. The molecule has 2 aromatic rings. The summed E-state index contributed by atoms with van der Waals surface area (Å²) in [5.41, 5.74) is 0.249. The summed E-state index contributed by atoms with van der Waals surface area (Å²) in [4.78, 5) is 12.7. The Morgan fingerprint density at radius 2 is 1.96 bits per heavy atom. The van der Waals surface area contributed by atoms with Gasteiger partial charge in [0.15, 0.2) is 5.16 Å². The van der Waals surface area contributed by atoms with E-state index in [1.165, 1.54) is 11.8 Å². The van der Waals surface area contributed by atoms with Crippen molar-refractivity contribution in [1.82, 2.24) is 20.1 Å². The van der Waals surface area contributed by atoms with Crippen LogP contribution in [0.5, 0.6) is 0 Å². The lowest BCUT2D eigenvalue weighted by atomic mass is 9.83. The van der Waals surface area contributed by atoms with E-state index in [2.05, 4.69) is 21.6 Å². The molecule has 1 unspecified atom stereocenters. The molecule has 26 heavy (non-hydrogen) atoms. The number of hydrogen-bond acceptors (Lipinski definition) is 5. The molecule has 0 aliphatic heterocycles. The molecule has 0 radical (unpaired) electrons. The monoisotopic (exact) mass is 369 g/mol. The van der Waals surface area contributed by atoms with E-state index >= 15 is 0 Å². The second-order valence-electron chi connectivity index (χ2n) is 6.70. The molecular weight excluding hydrogens is 346 g/mol. The van der Waals surface area contributed by atoms with Crippen LogP contribution in [0.25, 0.3) is 5.69 Å². The number of para-hydroxylation sites is 1. The number of thioether (sulfide) groups is 1. The van der Waals surface area contributed by atoms with Crippen LogP contribution in [0, 0.1) is 18.3 Å². The Labute approximate surface area is 158 Å². The van der Waals surface area contributed by atoms with Crippen LogP contribution in [-0.4, -0.2) is 31.5 Å². The lowest BCUT2D eigenvalue weighted by Gasteiger charge is -2.32. The zero-order valence-electron chi connectivity index (χ0n) is 15.1. The Morgan fingerprint density at radius 3 is 2.62 bits per heavy atom. The number of rotatable bonds is 5. The van der Waals surface area contributed by atoms with Crippen LogP contribution >= 0.6 is 11.8 Å². The first kappa shape index (κ1) is 18.5. The van der Waals surface area contributed by atoms with Gasteiger partial charge in [0.2, 0.25) is 5.91 Å². The molecule has 3 rings (SSSR count). The highest BCUT2D eigenvalue weighted by Crippen LogP contribution is 2.30. The summed E-state index contributed by atoms with van der Waals surface area (Å²) in [6.45, 7) is 3.73. The maximum absolute atomic E-state index is 12.7. The minimum atomic E-state index is -0.715. The fraction of sp³-hybridized carbons (Fsp3) is 0.474. The summed E-state index contributed by atoms with van der Waals surface area (Å²) in [5, 5.41) is 21.2. The number of carbonyl (C=O) groups excluding carboxylic acids is 1. The third-order valence-corrected chi connectivity index (χ3v) is 5.79. The lowest BCUT2D eigenvalue weighted by molar-refractivity contribution is -0.121. The van der Waals surface area contributed by atoms with E-state index in [9.17, 15) is 10.1 Å². The number of aryl methyl sites for hydroxylation is 1. The van der Waals surface area contributed by atoms with Crippen molar-refractivity contribution < 1.29 is 4.79 Å². The second kappa shape index (κ2) is 7.92. The summed E-state index contributed by atoms with van der Waals surface area (Å²) in [6.07, 6.45) is 4.55. The van der Waals surface area contributed by atoms with Crippen molar-refractivity contribution >= 4 is 17.7 Å². The molecule has 1 aliphatic carbocycles. The van der Waals surface area contributed by atoms with E-state index in [-0.39, 0.29) is 11.2 Å². The first-order chi connectivity index (χ1) is 12.5. The molecular formula is C19H23N5OS. The summed E-state index contributed by atoms with van der Waals surface area (Å²) < 4.78 is 1.94. The van der Waals surface area contributed by atoms with Crippen molar-refractivity contribution in [2.45, 2.75) is 61.9 Å². The first-order valence-corrected chi connectivity index (χ1v) is 9.80. The van der Waals surface area contributed by atoms with Crippen LogP contribution in [0.3, 0.4) is 0 Å². The predicted molar refractivity (Wildman–Crippen MR) is 101 cm³/mol. The SMILES string of the molecule is Cc1nnc(SC(C)C(=O)NC2(C#N)CCCCC2)n1-c1ccccc1. The molecule has 7 heteroatoms. The van der Waals surface area contributed by atoms with E-state index in [1.54, 1.807) is 0 Å². The Balaban J connectivity index is 1.73. The number of hydrogen-bond donors (Lipinski definition) is 1. The minimum Gasteiger partial charge on any atom is -0.337 e. The average Bonchev–Trinajstić information content (AvgIpc) is 3.03. The molecule has 1 aromatic heterocycles. The van der Waals surface area contributed by atoms with Gasteiger partial charge in [0.25, 0.3) is 0 Å². The van der Waals surface area contributed by atoms with Crippen molar-refractivity contribution in [3.05, 3.63) is 36.2 Å². The molecule has 1 amide bonds. The smallest absolute Gasteiger partial charge is 0.234 e. The first-order valence-electron chi connectivity index (χ1n) is 8.92. The fourth-order valence-electron chi connectivity index (χ4n) is 3.26. The van der Waals surface area contributed by atoms with Gasteiger partial charge in [-0.2, -0.15) is 5.26 Å². The number of nitriles is 1. The van der Waals surface area contributed by atoms with Gasteiger partial charge in [0, 0.05) is 5.69 Å². The third kappa shape index (κ3) is 3.91. The van der Waals surface area contributed by atoms with E-state index in [0.717, 1.165) is 43.6 Å². The van der Waals surface area contributed by atoms with Gasteiger partial charge in [-0.25, -0.2) is 0 Å². The van der Waals surface area contributed by atoms with Crippen molar-refractivity contribution in [1.29, 1.82) is 5.26 Å². The summed E-state index contributed by atoms with van der Waals surface area (Å²) >= 11 is 1.36. The van der Waals surface area contributed by atoms with E-state index in [1.807, 2.05) is 48.7 Å². The highest BCUT2D eigenvalue weighted by Gasteiger charge is 2.35. The van der Waals surface area contributed by atoms with Gasteiger partial charge >= 0.3 is 0 Å². The number of aromatic nitrogens is 3. The predicted octanol–water partition coefficient (Wildman–Crippen LogP) is 3.40. The zero-order chi connectivity index (χ0) is 18.6. The molecule has 1 aliphatic rings. The molecule has 0 spiro atoms. The van der Waals surface area contributed by atoms with E-state index in [0.29, 0.717) is 5.16 Å². The largest absolute Gasteiger partial charge is 0.337 e. The molecule has 1 heterocycles. The Kier molecular flexibility index (Phi) is 5.62. The molecule has 1 fully saturated rings. The van der Waals surface area contributed by atoms with Gasteiger partial charge in [-0.3, -0.25) is 9.36 Å². The number of benzene rings is 1. The van der Waals surface area contributed by atoms with Crippen LogP contribution < -0.4 is 5.32 Å². The van der Waals surface area contributed by atoms with Gasteiger partial charge in [-0.15, -0.1) is 10.2 Å². The van der Waals surface area contributed by atoms with E-state index in [4.69, 9.17) is 0 Å². The summed E-state index contributed by atoms with van der Waals surface area (Å²) in [6, 6.07) is 12.2. The van der Waals surface area contributed by atoms with Gasteiger partial charge < -0.3 is 5.32 Å². The molecule has 0 bridgehead atoms. The van der Waals surface area contributed by atoms with Crippen molar-refractivity contribution in [2.24, 2.45) is 0 Å². The quantitative estimate of drug-likeness (QED) is 0.817. The van der Waals surface area contributed by atoms with Gasteiger partial charge in [0.05, 0.1) is 11.3 Å². The highest BCUT2D eigenvalue weighted by atomic mass is 32.2. The van der Waals surface area contributed by atoms with Crippen LogP contribution in [0.1, 0.15) is 44.9 Å². The number of amides is 1. The topological polar surface area (TPSA) is 83.6 Å². The van der Waals surface area contributed by atoms with E-state index < -0.39 is 5.54 Å². The molecule has 1 saturated carbocycles. The number of nitrogens with zero attached hydrogens (tertiary/aromatic N) is 4. The van der Waals surface area contributed by atoms with Crippen molar-refractivity contribution in [3.8, 4) is 11.8 Å². The van der Waals surface area contributed by atoms with Gasteiger partial charge in [-0.1, -0.05) is 49.2 Å². The normalized spacial score (nSPS) is 17.3. The van der Waals surface area contributed by atoms with Gasteiger partial charge in [0.1, 0.15) is 11.4 Å². The zero-order valence-corrected chi connectivity index (χ0v) is 15.9. The highest BCUT2D eigenvalue weighted by molar-refractivity contribution is 8.00. The van der Waals surface area contributed by atoms with Gasteiger partial charge in [-0.05, 0) is 38.8 Å². The minimum absolute atomic E-state index is 0.126. The molecule has 1 atom stereocenters. The molecule has 0 saturated heterocycles. The maximum Gasteiger partial charge on any atom is 0.234 e. The Morgan fingerprint density at radius 1 is 1.27 bits per heavy atom. The molecule has 6 nitrogen and oxygen atoms in total. The average molecular weight is 369 g/mol. The number of nitrogens with one attached hydrogen (secondary N) is 1. The third-order valence-electron chi connectivity index (χ3n) is 4.74. The molecule has 1 N–H and O–H groups in total. The van der Waals surface area contributed by atoms with Crippen LogP contribution in [0.2, 0.25) is 0 Å². The maximum atomic E-state index is 12.7. The molecule has 1 aromatic carbocycles. The van der Waals surface area contributed by atoms with Crippen molar-refractivity contribution in [3.63, 3.8) is 0 Å². The van der Waals surface area contributed by atoms with Crippen LogP contribution in [0.15, 0.2) is 35.5 Å². The summed E-state index contributed by atoms with van der Waals surface area (Å²) in [5.74, 6) is 0.644. The summed E-state index contributed by atoms with van der Waals surface area (Å²) in [7, 11) is 0. The van der Waals surface area contributed by atoms with Crippen molar-refractivity contribution in [2.75, 3.05) is 0 Å². The number of carbonyl (C=O) groups is 1. The fourth-order valence-corrected chi connectivity index (χ4v) is 4.18. The standard InChI is InChI=1S/C19H23N5OS/c1-14(17(25)21-19(13-20)11-7-4-8-12-19)26-18-23-22-15(2)24(18)16-9-5-3-6-10-16/h3,5-6,9-10,14H,4,7-8,11-12H2,1-2H3,(H,21,25). The lowest BCUT2D eigenvalue weighted by Crippen LogP contribution is -2.50. The Bertz CT molecular complexity index is 805. The Hall–Kier alpha value is -2.33. The molecule has 136 valence electrons. The van der Waals surface area contributed by atoms with Crippen LogP contribution in [-0.2, 0) is 4.79 Å². The van der Waals surface area contributed by atoms with Crippen LogP contribution in [0.4, 0.5) is 0 Å².